The smallest absolute Gasteiger partial charge is 0.226 e. The van der Waals surface area contributed by atoms with Crippen LogP contribution in [0.1, 0.15) is 34.7 Å². The van der Waals surface area contributed by atoms with Crippen molar-refractivity contribution in [2.45, 2.75) is 25.9 Å². The first-order valence-electron chi connectivity index (χ1n) is 11.1. The van der Waals surface area contributed by atoms with Crippen molar-refractivity contribution in [2.24, 2.45) is 0 Å². The maximum absolute atomic E-state index is 12.8. The number of carbonyl (C=O) groups is 1. The van der Waals surface area contributed by atoms with E-state index in [1.54, 1.807) is 21.3 Å². The summed E-state index contributed by atoms with van der Waals surface area (Å²) in [6.45, 7) is 2.33. The number of ether oxygens (including phenoxy) is 1. The molecule has 1 atom stereocenters. The van der Waals surface area contributed by atoms with Crippen molar-refractivity contribution in [1.82, 2.24) is 29.6 Å². The van der Waals surface area contributed by atoms with E-state index in [4.69, 9.17) is 21.4 Å². The fourth-order valence-corrected chi connectivity index (χ4v) is 4.58. The van der Waals surface area contributed by atoms with Gasteiger partial charge in [0.2, 0.25) is 5.91 Å². The van der Waals surface area contributed by atoms with E-state index in [9.17, 15) is 4.79 Å². The van der Waals surface area contributed by atoms with E-state index in [1.807, 2.05) is 55.5 Å². The lowest BCUT2D eigenvalue weighted by molar-refractivity contribution is -0.116. The lowest BCUT2D eigenvalue weighted by atomic mass is 9.85. The van der Waals surface area contributed by atoms with Gasteiger partial charge in [0.1, 0.15) is 24.5 Å². The normalized spacial score (nSPS) is 15.1. The highest BCUT2D eigenvalue weighted by atomic mass is 35.5. The molecule has 0 radical (unpaired) electrons. The van der Waals surface area contributed by atoms with Crippen molar-refractivity contribution in [3.63, 3.8) is 0 Å². The summed E-state index contributed by atoms with van der Waals surface area (Å²) in [6, 6.07) is 19.0. The molecule has 1 aliphatic rings. The zero-order valence-electron chi connectivity index (χ0n) is 18.7. The Labute approximate surface area is 205 Å². The second-order valence-electron chi connectivity index (χ2n) is 8.34. The van der Waals surface area contributed by atoms with E-state index in [2.05, 4.69) is 20.6 Å². The van der Waals surface area contributed by atoms with Gasteiger partial charge in [0.15, 0.2) is 11.5 Å². The lowest BCUT2D eigenvalue weighted by Crippen LogP contribution is -2.25. The summed E-state index contributed by atoms with van der Waals surface area (Å²) in [5.41, 5.74) is 4.31. The number of anilines is 1. The standard InChI is InChI=1S/C25H20ClN7O2/c1-15-24-19(18-4-2-3-5-20(18)35-13-16-6-8-17(26)9-7-16)12-23(34)28-25(24)33(30-15)22-11-10-21-29-27-14-32(21)31-22/h2-11,14,19H,12-13H2,1H3,(H,28,34)/t19-/m0/s1. The van der Waals surface area contributed by atoms with E-state index < -0.39 is 0 Å². The van der Waals surface area contributed by atoms with Crippen LogP contribution in [0, 0.1) is 6.92 Å². The summed E-state index contributed by atoms with van der Waals surface area (Å²) in [5, 5.41) is 20.8. The Morgan fingerprint density at radius 2 is 1.91 bits per heavy atom. The van der Waals surface area contributed by atoms with Gasteiger partial charge >= 0.3 is 0 Å². The van der Waals surface area contributed by atoms with E-state index in [0.717, 1.165) is 28.1 Å². The Morgan fingerprint density at radius 3 is 2.77 bits per heavy atom. The fraction of sp³-hybridized carbons (Fsp3) is 0.160. The van der Waals surface area contributed by atoms with Gasteiger partial charge in [0, 0.05) is 28.5 Å². The number of benzene rings is 2. The van der Waals surface area contributed by atoms with Gasteiger partial charge in [-0.1, -0.05) is 41.9 Å². The van der Waals surface area contributed by atoms with Crippen molar-refractivity contribution in [2.75, 3.05) is 5.32 Å². The zero-order valence-corrected chi connectivity index (χ0v) is 19.5. The molecule has 9 nitrogen and oxygen atoms in total. The summed E-state index contributed by atoms with van der Waals surface area (Å²) in [4.78, 5) is 12.8. The molecule has 0 saturated carbocycles. The molecule has 1 aliphatic heterocycles. The number of nitrogens with zero attached hydrogens (tertiary/aromatic N) is 6. The minimum atomic E-state index is -0.215. The average molecular weight is 486 g/mol. The number of fused-ring (bicyclic) bond motifs is 2. The van der Waals surface area contributed by atoms with Crippen molar-refractivity contribution in [3.8, 4) is 11.6 Å². The maximum Gasteiger partial charge on any atom is 0.226 e. The lowest BCUT2D eigenvalue weighted by Gasteiger charge is -2.26. The molecule has 0 aliphatic carbocycles. The van der Waals surface area contributed by atoms with Gasteiger partial charge in [-0.05, 0) is 42.8 Å². The third-order valence-electron chi connectivity index (χ3n) is 6.07. The highest BCUT2D eigenvalue weighted by Gasteiger charge is 2.34. The van der Waals surface area contributed by atoms with Crippen LogP contribution in [0.25, 0.3) is 11.5 Å². The van der Waals surface area contributed by atoms with Gasteiger partial charge in [0.05, 0.1) is 5.69 Å². The quantitative estimate of drug-likeness (QED) is 0.398. The van der Waals surface area contributed by atoms with Crippen LogP contribution >= 0.6 is 11.6 Å². The number of hydrogen-bond acceptors (Lipinski definition) is 6. The first-order valence-corrected chi connectivity index (χ1v) is 11.5. The maximum atomic E-state index is 12.8. The largest absolute Gasteiger partial charge is 0.489 e. The minimum absolute atomic E-state index is 0.0958. The second-order valence-corrected chi connectivity index (χ2v) is 8.78. The molecule has 10 heteroatoms. The molecule has 0 bridgehead atoms. The summed E-state index contributed by atoms with van der Waals surface area (Å²) in [6.07, 6.45) is 1.82. The summed E-state index contributed by atoms with van der Waals surface area (Å²) in [7, 11) is 0. The predicted octanol–water partition coefficient (Wildman–Crippen LogP) is 4.32. The third kappa shape index (κ3) is 3.89. The summed E-state index contributed by atoms with van der Waals surface area (Å²) >= 11 is 6.00. The Kier molecular flexibility index (Phi) is 5.18. The van der Waals surface area contributed by atoms with E-state index >= 15 is 0 Å². The molecule has 0 saturated heterocycles. The molecular weight excluding hydrogens is 466 g/mol. The summed E-state index contributed by atoms with van der Waals surface area (Å²) in [5.74, 6) is 1.57. The molecule has 2 aromatic carbocycles. The van der Waals surface area contributed by atoms with Crippen LogP contribution in [0.5, 0.6) is 5.75 Å². The van der Waals surface area contributed by atoms with Gasteiger partial charge in [-0.25, -0.2) is 0 Å². The predicted molar refractivity (Wildman–Crippen MR) is 130 cm³/mol. The van der Waals surface area contributed by atoms with Gasteiger partial charge in [-0.2, -0.15) is 14.3 Å². The number of halogens is 1. The van der Waals surface area contributed by atoms with Crippen molar-refractivity contribution >= 4 is 29.0 Å². The number of para-hydroxylation sites is 1. The van der Waals surface area contributed by atoms with Crippen LogP contribution in [0.4, 0.5) is 5.82 Å². The van der Waals surface area contributed by atoms with Gasteiger partial charge in [-0.15, -0.1) is 15.3 Å². The Bertz CT molecular complexity index is 1560. The number of carbonyl (C=O) groups excluding carboxylic acids is 1. The number of hydrogen-bond donors (Lipinski definition) is 1. The van der Waals surface area contributed by atoms with Crippen LogP contribution in [-0.4, -0.2) is 35.5 Å². The SMILES string of the molecule is Cc1nn(-c2ccc3nncn3n2)c2c1[C@H](c1ccccc1OCc1ccc(Cl)cc1)CC(=O)N2. The van der Waals surface area contributed by atoms with Crippen LogP contribution < -0.4 is 10.1 Å². The van der Waals surface area contributed by atoms with E-state index in [1.165, 1.54) is 6.33 Å². The Hall–Kier alpha value is -4.24. The monoisotopic (exact) mass is 485 g/mol. The topological polar surface area (TPSA) is 99.2 Å². The average Bonchev–Trinajstić information content (AvgIpc) is 3.47. The highest BCUT2D eigenvalue weighted by molar-refractivity contribution is 6.30. The molecule has 4 heterocycles. The van der Waals surface area contributed by atoms with E-state index in [-0.39, 0.29) is 11.8 Å². The molecule has 6 rings (SSSR count). The number of amides is 1. The molecule has 0 spiro atoms. The fourth-order valence-electron chi connectivity index (χ4n) is 4.45. The number of nitrogens with one attached hydrogen (secondary N) is 1. The molecule has 35 heavy (non-hydrogen) atoms. The highest BCUT2D eigenvalue weighted by Crippen LogP contribution is 2.43. The zero-order chi connectivity index (χ0) is 23.9. The molecule has 3 aromatic heterocycles. The van der Waals surface area contributed by atoms with Crippen LogP contribution in [-0.2, 0) is 11.4 Å². The van der Waals surface area contributed by atoms with Crippen molar-refractivity contribution < 1.29 is 9.53 Å². The first kappa shape index (κ1) is 21.3. The van der Waals surface area contributed by atoms with Crippen LogP contribution in [0.2, 0.25) is 5.02 Å². The molecular formula is C25H20ClN7O2. The third-order valence-corrected chi connectivity index (χ3v) is 6.32. The number of aromatic nitrogens is 6. The molecule has 5 aromatic rings. The van der Waals surface area contributed by atoms with Crippen molar-refractivity contribution in [1.29, 1.82) is 0 Å². The van der Waals surface area contributed by atoms with Gasteiger partial charge < -0.3 is 10.1 Å². The Balaban J connectivity index is 1.39. The van der Waals surface area contributed by atoms with Crippen LogP contribution in [0.15, 0.2) is 67.0 Å². The van der Waals surface area contributed by atoms with Crippen LogP contribution in [0.3, 0.4) is 0 Å². The van der Waals surface area contributed by atoms with Gasteiger partial charge in [0.25, 0.3) is 0 Å². The number of rotatable bonds is 5. The molecule has 174 valence electrons. The molecule has 1 amide bonds. The second kappa shape index (κ2) is 8.52. The minimum Gasteiger partial charge on any atom is -0.489 e. The number of aryl methyl sites for hydroxylation is 1. The molecule has 1 N–H and O–H groups in total. The van der Waals surface area contributed by atoms with Gasteiger partial charge in [-0.3, -0.25) is 4.79 Å². The molecule has 0 fully saturated rings. The van der Waals surface area contributed by atoms with E-state index in [0.29, 0.717) is 35.3 Å². The van der Waals surface area contributed by atoms with Crippen molar-refractivity contribution in [3.05, 3.63) is 94.4 Å². The molecule has 0 unspecified atom stereocenters. The summed E-state index contributed by atoms with van der Waals surface area (Å²) < 4.78 is 9.43. The first-order chi connectivity index (χ1) is 17.1. The Morgan fingerprint density at radius 1 is 1.09 bits per heavy atom.